The van der Waals surface area contributed by atoms with Crippen LogP contribution in [-0.2, 0) is 20.7 Å². The summed E-state index contributed by atoms with van der Waals surface area (Å²) in [5.41, 5.74) is 0.413. The number of hydrogen-bond donors (Lipinski definition) is 4. The van der Waals surface area contributed by atoms with Crippen molar-refractivity contribution in [3.8, 4) is 11.5 Å². The predicted octanol–water partition coefficient (Wildman–Crippen LogP) is 5.99. The van der Waals surface area contributed by atoms with Gasteiger partial charge in [0.1, 0.15) is 29.2 Å². The highest BCUT2D eigenvalue weighted by molar-refractivity contribution is 5.92. The molecular formula is C33H49N3O6. The number of carbonyl (C=O) groups excluding carboxylic acids is 3. The molecule has 9 heteroatoms. The molecule has 0 spiro atoms. The van der Waals surface area contributed by atoms with Crippen LogP contribution >= 0.6 is 0 Å². The zero-order valence-corrected chi connectivity index (χ0v) is 25.8. The Morgan fingerprint density at radius 1 is 0.881 bits per heavy atom. The maximum absolute atomic E-state index is 14.4. The van der Waals surface area contributed by atoms with Crippen molar-refractivity contribution in [1.29, 1.82) is 0 Å². The second-order valence-electron chi connectivity index (χ2n) is 11.7. The van der Waals surface area contributed by atoms with Crippen molar-refractivity contribution in [2.45, 2.75) is 104 Å². The molecular weight excluding hydrogens is 534 g/mol. The molecule has 0 aliphatic heterocycles. The molecule has 2 rings (SSSR count). The van der Waals surface area contributed by atoms with E-state index >= 15 is 0 Å². The van der Waals surface area contributed by atoms with Crippen LogP contribution in [0, 0.1) is 0 Å². The predicted molar refractivity (Wildman–Crippen MR) is 164 cm³/mol. The number of benzene rings is 2. The van der Waals surface area contributed by atoms with E-state index in [4.69, 9.17) is 4.74 Å². The van der Waals surface area contributed by atoms with E-state index in [-0.39, 0.29) is 30.4 Å². The lowest BCUT2D eigenvalue weighted by atomic mass is 9.99. The third kappa shape index (κ3) is 12.0. The molecule has 0 radical (unpaired) electrons. The standard InChI is InChI=1S/C33H49N3O6/c1-6-8-10-11-12-21-36(29(30(39)34-20-9-7-2)25-14-13-15-27(38)23-25)31(40)28(35-32(41)42-33(3,4)5)22-24-16-18-26(37)19-17-24/h13-19,23,28-29,37-38H,6-12,20-22H2,1-5H3,(H,34,39)(H,35,41). The zero-order valence-electron chi connectivity index (χ0n) is 25.8. The van der Waals surface area contributed by atoms with Gasteiger partial charge in [-0.15, -0.1) is 0 Å². The van der Waals surface area contributed by atoms with Crippen molar-refractivity contribution in [1.82, 2.24) is 15.5 Å². The number of nitrogens with one attached hydrogen (secondary N) is 2. The van der Waals surface area contributed by atoms with Crippen molar-refractivity contribution in [2.24, 2.45) is 0 Å². The van der Waals surface area contributed by atoms with Crippen molar-refractivity contribution in [3.63, 3.8) is 0 Å². The summed E-state index contributed by atoms with van der Waals surface area (Å²) in [5, 5.41) is 25.7. The van der Waals surface area contributed by atoms with Gasteiger partial charge in [0.15, 0.2) is 0 Å². The lowest BCUT2D eigenvalue weighted by molar-refractivity contribution is -0.142. The number of nitrogens with zero attached hydrogens (tertiary/aromatic N) is 1. The number of rotatable bonds is 16. The van der Waals surface area contributed by atoms with Gasteiger partial charge in [-0.25, -0.2) is 4.79 Å². The van der Waals surface area contributed by atoms with Gasteiger partial charge in [-0.05, 0) is 69.0 Å². The number of hydrogen-bond acceptors (Lipinski definition) is 6. The molecule has 42 heavy (non-hydrogen) atoms. The first-order chi connectivity index (χ1) is 19.9. The van der Waals surface area contributed by atoms with Crippen LogP contribution in [0.5, 0.6) is 11.5 Å². The fraction of sp³-hybridized carbons (Fsp3) is 0.545. The first kappa shape index (κ1) is 34.5. The topological polar surface area (TPSA) is 128 Å². The van der Waals surface area contributed by atoms with Gasteiger partial charge >= 0.3 is 6.09 Å². The van der Waals surface area contributed by atoms with Crippen LogP contribution in [0.1, 0.15) is 96.7 Å². The van der Waals surface area contributed by atoms with Gasteiger partial charge < -0.3 is 30.5 Å². The molecule has 0 saturated heterocycles. The average molecular weight is 584 g/mol. The second kappa shape index (κ2) is 17.3. The van der Waals surface area contributed by atoms with Gasteiger partial charge in [0, 0.05) is 19.5 Å². The van der Waals surface area contributed by atoms with Crippen LogP contribution in [0.15, 0.2) is 48.5 Å². The first-order valence-electron chi connectivity index (χ1n) is 15.1. The Bertz CT molecular complexity index is 1130. The average Bonchev–Trinajstić information content (AvgIpc) is 2.92. The minimum absolute atomic E-state index is 0.0123. The fourth-order valence-electron chi connectivity index (χ4n) is 4.62. The molecule has 9 nitrogen and oxygen atoms in total. The molecule has 0 saturated carbocycles. The van der Waals surface area contributed by atoms with Gasteiger partial charge in [-0.2, -0.15) is 0 Å². The Morgan fingerprint density at radius 3 is 2.17 bits per heavy atom. The van der Waals surface area contributed by atoms with E-state index in [1.165, 1.54) is 29.2 Å². The Balaban J connectivity index is 2.53. The van der Waals surface area contributed by atoms with Crippen molar-refractivity contribution >= 4 is 17.9 Å². The number of carbonyl (C=O) groups is 3. The summed E-state index contributed by atoms with van der Waals surface area (Å²) in [5.74, 6) is -0.718. The van der Waals surface area contributed by atoms with Crippen LogP contribution < -0.4 is 10.6 Å². The molecule has 0 aliphatic rings. The Hall–Kier alpha value is -3.75. The SMILES string of the molecule is CCCCCCCN(C(=O)C(Cc1ccc(O)cc1)NC(=O)OC(C)(C)C)C(C(=O)NCCCC)c1cccc(O)c1. The highest BCUT2D eigenvalue weighted by atomic mass is 16.6. The zero-order chi connectivity index (χ0) is 31.1. The molecule has 2 aromatic carbocycles. The van der Waals surface area contributed by atoms with Crippen LogP contribution in [-0.4, -0.2) is 57.8 Å². The summed E-state index contributed by atoms with van der Waals surface area (Å²) in [6, 6.07) is 10.7. The van der Waals surface area contributed by atoms with Crippen LogP contribution in [0.4, 0.5) is 4.79 Å². The summed E-state index contributed by atoms with van der Waals surface area (Å²) in [6.45, 7) is 10.1. The van der Waals surface area contributed by atoms with E-state index in [0.717, 1.165) is 38.5 Å². The summed E-state index contributed by atoms with van der Waals surface area (Å²) < 4.78 is 5.48. The minimum atomic E-state index is -1.05. The minimum Gasteiger partial charge on any atom is -0.508 e. The van der Waals surface area contributed by atoms with Crippen LogP contribution in [0.2, 0.25) is 0 Å². The van der Waals surface area contributed by atoms with E-state index < -0.39 is 29.7 Å². The molecule has 0 aliphatic carbocycles. The van der Waals surface area contributed by atoms with E-state index in [0.29, 0.717) is 24.1 Å². The first-order valence-corrected chi connectivity index (χ1v) is 15.1. The molecule has 232 valence electrons. The van der Waals surface area contributed by atoms with Gasteiger partial charge in [0.25, 0.3) is 0 Å². The Labute approximate surface area is 250 Å². The molecule has 4 N–H and O–H groups in total. The largest absolute Gasteiger partial charge is 0.508 e. The summed E-state index contributed by atoms with van der Waals surface area (Å²) in [6.07, 6.45) is 5.75. The number of phenols is 2. The highest BCUT2D eigenvalue weighted by Crippen LogP contribution is 2.27. The quantitative estimate of drug-likeness (QED) is 0.180. The number of alkyl carbamates (subject to hydrolysis) is 1. The van der Waals surface area contributed by atoms with Crippen molar-refractivity contribution < 1.29 is 29.3 Å². The van der Waals surface area contributed by atoms with E-state index in [9.17, 15) is 24.6 Å². The maximum atomic E-state index is 14.4. The number of ether oxygens (including phenoxy) is 1. The van der Waals surface area contributed by atoms with Crippen LogP contribution in [0.3, 0.4) is 0 Å². The van der Waals surface area contributed by atoms with Crippen molar-refractivity contribution in [2.75, 3.05) is 13.1 Å². The van der Waals surface area contributed by atoms with Crippen LogP contribution in [0.25, 0.3) is 0 Å². The summed E-state index contributed by atoms with van der Waals surface area (Å²) in [4.78, 5) is 42.6. The van der Waals surface area contributed by atoms with E-state index in [1.807, 2.05) is 6.92 Å². The van der Waals surface area contributed by atoms with Gasteiger partial charge in [-0.3, -0.25) is 9.59 Å². The number of aromatic hydroxyl groups is 2. The molecule has 0 bridgehead atoms. The van der Waals surface area contributed by atoms with Gasteiger partial charge in [-0.1, -0.05) is 70.2 Å². The number of amides is 3. The molecule has 2 aromatic rings. The maximum Gasteiger partial charge on any atom is 0.408 e. The van der Waals surface area contributed by atoms with Gasteiger partial charge in [0.05, 0.1) is 0 Å². The lowest BCUT2D eigenvalue weighted by Gasteiger charge is -2.34. The number of phenolic OH excluding ortho intramolecular Hbond substituents is 2. The van der Waals surface area contributed by atoms with Crippen molar-refractivity contribution in [3.05, 3.63) is 59.7 Å². The molecule has 0 fully saturated rings. The summed E-state index contributed by atoms with van der Waals surface area (Å²) in [7, 11) is 0. The normalized spacial score (nSPS) is 12.7. The smallest absolute Gasteiger partial charge is 0.408 e. The van der Waals surface area contributed by atoms with E-state index in [2.05, 4.69) is 17.6 Å². The third-order valence-corrected chi connectivity index (χ3v) is 6.73. The number of unbranched alkanes of at least 4 members (excludes halogenated alkanes) is 5. The summed E-state index contributed by atoms with van der Waals surface area (Å²) >= 11 is 0. The Kier molecular flexibility index (Phi) is 14.2. The molecule has 0 aromatic heterocycles. The third-order valence-electron chi connectivity index (χ3n) is 6.73. The Morgan fingerprint density at radius 2 is 1.55 bits per heavy atom. The second-order valence-corrected chi connectivity index (χ2v) is 11.7. The van der Waals surface area contributed by atoms with Gasteiger partial charge in [0.2, 0.25) is 11.8 Å². The fourth-order valence-corrected chi connectivity index (χ4v) is 4.62. The highest BCUT2D eigenvalue weighted by Gasteiger charge is 2.36. The lowest BCUT2D eigenvalue weighted by Crippen LogP contribution is -2.54. The monoisotopic (exact) mass is 583 g/mol. The molecule has 3 amide bonds. The van der Waals surface area contributed by atoms with E-state index in [1.54, 1.807) is 45.0 Å². The molecule has 2 atom stereocenters. The molecule has 2 unspecified atom stereocenters. The molecule has 0 heterocycles.